The standard InChI is InChI=1S/C13H17FO2/c1-3-6-13(2)8-11(15)10-7-9(14)4-5-12(10)16-13/h4-5,7,11,15H,3,6,8H2,1-2H3/t11-,13?/m0/s1. The smallest absolute Gasteiger partial charge is 0.126 e. The average molecular weight is 224 g/mol. The first-order valence-electron chi connectivity index (χ1n) is 5.70. The second-order valence-electron chi connectivity index (χ2n) is 4.70. The Labute approximate surface area is 95.1 Å². The summed E-state index contributed by atoms with van der Waals surface area (Å²) < 4.78 is 18.9. The second kappa shape index (κ2) is 4.06. The van der Waals surface area contributed by atoms with Crippen LogP contribution >= 0.6 is 0 Å². The van der Waals surface area contributed by atoms with Gasteiger partial charge in [-0.3, -0.25) is 0 Å². The first kappa shape index (κ1) is 11.4. The minimum Gasteiger partial charge on any atom is -0.487 e. The van der Waals surface area contributed by atoms with E-state index in [-0.39, 0.29) is 11.4 Å². The van der Waals surface area contributed by atoms with Crippen molar-refractivity contribution in [3.8, 4) is 5.75 Å². The Kier molecular flexibility index (Phi) is 2.89. The molecule has 88 valence electrons. The van der Waals surface area contributed by atoms with Crippen molar-refractivity contribution in [2.24, 2.45) is 0 Å². The molecule has 0 saturated heterocycles. The van der Waals surface area contributed by atoms with Crippen molar-refractivity contribution in [1.29, 1.82) is 0 Å². The van der Waals surface area contributed by atoms with Gasteiger partial charge >= 0.3 is 0 Å². The largest absolute Gasteiger partial charge is 0.487 e. The van der Waals surface area contributed by atoms with Gasteiger partial charge in [-0.05, 0) is 31.5 Å². The molecule has 2 rings (SSSR count). The normalized spacial score (nSPS) is 28.4. The first-order chi connectivity index (χ1) is 7.54. The molecule has 0 aromatic heterocycles. The lowest BCUT2D eigenvalue weighted by Crippen LogP contribution is -2.38. The Bertz CT molecular complexity index is 392. The maximum absolute atomic E-state index is 13.0. The third kappa shape index (κ3) is 2.05. The van der Waals surface area contributed by atoms with E-state index in [9.17, 15) is 9.50 Å². The predicted molar refractivity (Wildman–Crippen MR) is 59.9 cm³/mol. The van der Waals surface area contributed by atoms with Crippen molar-refractivity contribution in [3.05, 3.63) is 29.6 Å². The van der Waals surface area contributed by atoms with Crippen LogP contribution < -0.4 is 4.74 Å². The van der Waals surface area contributed by atoms with Gasteiger partial charge in [0.2, 0.25) is 0 Å². The molecule has 1 aromatic carbocycles. The zero-order chi connectivity index (χ0) is 11.8. The van der Waals surface area contributed by atoms with E-state index in [0.29, 0.717) is 17.7 Å². The Balaban J connectivity index is 2.33. The molecular weight excluding hydrogens is 207 g/mol. The van der Waals surface area contributed by atoms with E-state index in [1.165, 1.54) is 12.1 Å². The summed E-state index contributed by atoms with van der Waals surface area (Å²) >= 11 is 0. The molecular formula is C13H17FO2. The summed E-state index contributed by atoms with van der Waals surface area (Å²) in [5.74, 6) is 0.275. The molecule has 1 N–H and O–H groups in total. The lowest BCUT2D eigenvalue weighted by molar-refractivity contribution is -0.00758. The number of halogens is 1. The maximum Gasteiger partial charge on any atom is 0.126 e. The summed E-state index contributed by atoms with van der Waals surface area (Å²) in [6, 6.07) is 4.32. The monoisotopic (exact) mass is 224 g/mol. The highest BCUT2D eigenvalue weighted by atomic mass is 19.1. The van der Waals surface area contributed by atoms with E-state index in [1.807, 2.05) is 6.92 Å². The van der Waals surface area contributed by atoms with Crippen molar-refractivity contribution in [1.82, 2.24) is 0 Å². The van der Waals surface area contributed by atoms with Crippen LogP contribution in [0.25, 0.3) is 0 Å². The van der Waals surface area contributed by atoms with Crippen LogP contribution in [0.1, 0.15) is 44.8 Å². The zero-order valence-electron chi connectivity index (χ0n) is 9.66. The summed E-state index contributed by atoms with van der Waals surface area (Å²) in [5, 5.41) is 10.0. The second-order valence-corrected chi connectivity index (χ2v) is 4.70. The lowest BCUT2D eigenvalue weighted by atomic mass is 9.87. The number of hydrogen-bond donors (Lipinski definition) is 1. The Morgan fingerprint density at radius 3 is 3.00 bits per heavy atom. The molecule has 1 aliphatic heterocycles. The van der Waals surface area contributed by atoms with Crippen molar-refractivity contribution in [2.75, 3.05) is 0 Å². The molecule has 2 nitrogen and oxygen atoms in total. The minimum atomic E-state index is -0.629. The van der Waals surface area contributed by atoms with Gasteiger partial charge in [-0.15, -0.1) is 0 Å². The Hall–Kier alpha value is -1.09. The molecule has 0 fully saturated rings. The van der Waals surface area contributed by atoms with Crippen molar-refractivity contribution in [2.45, 2.75) is 44.8 Å². The van der Waals surface area contributed by atoms with Gasteiger partial charge in [0.15, 0.2) is 0 Å². The van der Waals surface area contributed by atoms with Gasteiger partial charge in [0, 0.05) is 12.0 Å². The Morgan fingerprint density at radius 2 is 2.31 bits per heavy atom. The fourth-order valence-corrected chi connectivity index (χ4v) is 2.38. The molecule has 0 spiro atoms. The van der Waals surface area contributed by atoms with E-state index >= 15 is 0 Å². The highest BCUT2D eigenvalue weighted by Crippen LogP contribution is 2.41. The van der Waals surface area contributed by atoms with Gasteiger partial charge in [-0.2, -0.15) is 0 Å². The predicted octanol–water partition coefficient (Wildman–Crippen LogP) is 3.20. The number of benzene rings is 1. The number of aliphatic hydroxyl groups is 1. The molecule has 0 saturated carbocycles. The van der Waals surface area contributed by atoms with Gasteiger partial charge < -0.3 is 9.84 Å². The van der Waals surface area contributed by atoms with Crippen LogP contribution in [0.5, 0.6) is 5.75 Å². The molecule has 1 heterocycles. The molecule has 3 heteroatoms. The molecule has 0 aliphatic carbocycles. The van der Waals surface area contributed by atoms with Gasteiger partial charge in [-0.1, -0.05) is 13.3 Å². The van der Waals surface area contributed by atoms with E-state index in [1.54, 1.807) is 6.07 Å². The SMILES string of the molecule is CCCC1(C)C[C@H](O)c2cc(F)ccc2O1. The maximum atomic E-state index is 13.0. The van der Waals surface area contributed by atoms with Gasteiger partial charge in [-0.25, -0.2) is 4.39 Å². The van der Waals surface area contributed by atoms with Gasteiger partial charge in [0.1, 0.15) is 17.2 Å². The summed E-state index contributed by atoms with van der Waals surface area (Å²) in [6.45, 7) is 4.08. The molecule has 0 bridgehead atoms. The summed E-state index contributed by atoms with van der Waals surface area (Å²) in [6.07, 6.45) is 1.79. The fourth-order valence-electron chi connectivity index (χ4n) is 2.38. The van der Waals surface area contributed by atoms with Crippen LogP contribution in [0.4, 0.5) is 4.39 Å². The van der Waals surface area contributed by atoms with Gasteiger partial charge in [0.25, 0.3) is 0 Å². The molecule has 1 unspecified atom stereocenters. The van der Waals surface area contributed by atoms with Crippen molar-refractivity contribution < 1.29 is 14.2 Å². The van der Waals surface area contributed by atoms with E-state index in [4.69, 9.17) is 4.74 Å². The molecule has 1 aromatic rings. The molecule has 0 radical (unpaired) electrons. The number of ether oxygens (including phenoxy) is 1. The minimum absolute atomic E-state index is 0.333. The molecule has 16 heavy (non-hydrogen) atoms. The zero-order valence-corrected chi connectivity index (χ0v) is 9.66. The third-order valence-corrected chi connectivity index (χ3v) is 3.09. The van der Waals surface area contributed by atoms with E-state index < -0.39 is 6.10 Å². The van der Waals surface area contributed by atoms with Crippen LogP contribution in [0.3, 0.4) is 0 Å². The average Bonchev–Trinajstić information content (AvgIpc) is 2.19. The number of hydrogen-bond acceptors (Lipinski definition) is 2. The van der Waals surface area contributed by atoms with Crippen LogP contribution in [0.15, 0.2) is 18.2 Å². The van der Waals surface area contributed by atoms with E-state index in [0.717, 1.165) is 12.8 Å². The van der Waals surface area contributed by atoms with Crippen molar-refractivity contribution in [3.63, 3.8) is 0 Å². The van der Waals surface area contributed by atoms with Crippen LogP contribution in [-0.4, -0.2) is 10.7 Å². The summed E-state index contributed by atoms with van der Waals surface area (Å²) in [7, 11) is 0. The third-order valence-electron chi connectivity index (χ3n) is 3.09. The molecule has 2 atom stereocenters. The van der Waals surface area contributed by atoms with Crippen LogP contribution in [0.2, 0.25) is 0 Å². The highest BCUT2D eigenvalue weighted by molar-refractivity contribution is 5.38. The lowest BCUT2D eigenvalue weighted by Gasteiger charge is -2.38. The summed E-state index contributed by atoms with van der Waals surface area (Å²) in [4.78, 5) is 0. The van der Waals surface area contributed by atoms with Crippen molar-refractivity contribution >= 4 is 0 Å². The van der Waals surface area contributed by atoms with Crippen LogP contribution in [-0.2, 0) is 0 Å². The topological polar surface area (TPSA) is 29.5 Å². The number of aliphatic hydroxyl groups excluding tert-OH is 1. The quantitative estimate of drug-likeness (QED) is 0.835. The fraction of sp³-hybridized carbons (Fsp3) is 0.538. The van der Waals surface area contributed by atoms with Gasteiger partial charge in [0.05, 0.1) is 6.10 Å². The number of rotatable bonds is 2. The Morgan fingerprint density at radius 1 is 1.56 bits per heavy atom. The van der Waals surface area contributed by atoms with Crippen LogP contribution in [0, 0.1) is 5.82 Å². The first-order valence-corrected chi connectivity index (χ1v) is 5.70. The van der Waals surface area contributed by atoms with E-state index in [2.05, 4.69) is 6.92 Å². The highest BCUT2D eigenvalue weighted by Gasteiger charge is 2.35. The molecule has 1 aliphatic rings. The number of fused-ring (bicyclic) bond motifs is 1. The summed E-state index contributed by atoms with van der Waals surface area (Å²) in [5.41, 5.74) is 0.229. The molecule has 0 amide bonds.